The van der Waals surface area contributed by atoms with E-state index in [9.17, 15) is 19.2 Å². The van der Waals surface area contributed by atoms with Crippen LogP contribution in [0.2, 0.25) is 0 Å². The molecule has 33 heavy (non-hydrogen) atoms. The van der Waals surface area contributed by atoms with E-state index >= 15 is 0 Å². The van der Waals surface area contributed by atoms with Crippen molar-refractivity contribution in [2.45, 2.75) is 6.92 Å². The van der Waals surface area contributed by atoms with Crippen molar-refractivity contribution in [1.82, 2.24) is 0 Å². The number of carboxylic acids is 3. The zero-order valence-electron chi connectivity index (χ0n) is 17.2. The Morgan fingerprint density at radius 3 is 1.21 bits per heavy atom. The standard InChI is InChI=1S/C9H8O4.2C7H6O3/c1-6(10)13-8-5-3-2-4-7(8)9(11)12;2*8-6-4-2-1-3-5(6)7(9)10/h2-5H,1H3,(H,11,12);2*1-4,8H,(H,9,10). The lowest BCUT2D eigenvalue weighted by Gasteiger charge is -2.03. The molecule has 0 heterocycles. The number of aromatic carboxylic acids is 3. The van der Waals surface area contributed by atoms with E-state index in [1.807, 2.05) is 0 Å². The molecular weight excluding hydrogens is 436 g/mol. The highest BCUT2D eigenvalue weighted by atomic mass is 16.5. The number of phenols is 2. The molecule has 0 atom stereocenters. The molecule has 0 aliphatic carbocycles. The summed E-state index contributed by atoms with van der Waals surface area (Å²) in [6, 6.07) is 17.6. The second kappa shape index (κ2) is 12.7. The Balaban J connectivity index is 0.000000251. The van der Waals surface area contributed by atoms with Gasteiger partial charge in [0.1, 0.15) is 33.9 Å². The van der Waals surface area contributed by atoms with Gasteiger partial charge < -0.3 is 30.3 Å². The van der Waals surface area contributed by atoms with Gasteiger partial charge in [-0.2, -0.15) is 0 Å². The molecule has 0 spiro atoms. The summed E-state index contributed by atoms with van der Waals surface area (Å²) in [5.41, 5.74) is -0.150. The number of aromatic hydroxyl groups is 2. The molecular formula is C23H20O10. The molecule has 172 valence electrons. The van der Waals surface area contributed by atoms with Gasteiger partial charge in [-0.25, -0.2) is 14.4 Å². The van der Waals surface area contributed by atoms with E-state index in [1.165, 1.54) is 43.3 Å². The van der Waals surface area contributed by atoms with Crippen LogP contribution in [0, 0.1) is 0 Å². The summed E-state index contributed by atoms with van der Waals surface area (Å²) in [6.07, 6.45) is 0. The lowest BCUT2D eigenvalue weighted by molar-refractivity contribution is -0.131. The van der Waals surface area contributed by atoms with Crippen LogP contribution in [0.4, 0.5) is 0 Å². The van der Waals surface area contributed by atoms with E-state index in [0.29, 0.717) is 0 Å². The Kier molecular flexibility index (Phi) is 10.1. The molecule has 0 saturated carbocycles. The molecule has 0 aliphatic rings. The van der Waals surface area contributed by atoms with Crippen LogP contribution in [0.25, 0.3) is 0 Å². The predicted octanol–water partition coefficient (Wildman–Crippen LogP) is 3.49. The molecule has 0 amide bonds. The lowest BCUT2D eigenvalue weighted by Crippen LogP contribution is -2.06. The van der Waals surface area contributed by atoms with Gasteiger partial charge in [-0.3, -0.25) is 4.79 Å². The number of esters is 1. The van der Waals surface area contributed by atoms with Gasteiger partial charge in [0.25, 0.3) is 0 Å². The van der Waals surface area contributed by atoms with Crippen molar-refractivity contribution in [3.8, 4) is 17.2 Å². The minimum Gasteiger partial charge on any atom is -0.507 e. The van der Waals surface area contributed by atoms with Gasteiger partial charge in [0.15, 0.2) is 0 Å². The lowest BCUT2D eigenvalue weighted by atomic mass is 10.2. The van der Waals surface area contributed by atoms with E-state index in [0.717, 1.165) is 0 Å². The molecule has 0 bridgehead atoms. The summed E-state index contributed by atoms with van der Waals surface area (Å²) < 4.78 is 4.69. The van der Waals surface area contributed by atoms with Crippen molar-refractivity contribution in [2.75, 3.05) is 0 Å². The van der Waals surface area contributed by atoms with Crippen molar-refractivity contribution < 1.29 is 49.4 Å². The second-order valence-corrected chi connectivity index (χ2v) is 6.04. The first-order chi connectivity index (χ1) is 15.5. The number of carboxylic acid groups (broad SMARTS) is 3. The van der Waals surface area contributed by atoms with E-state index < -0.39 is 23.9 Å². The Hall–Kier alpha value is -4.86. The number of hydrogen-bond acceptors (Lipinski definition) is 7. The Labute approximate surface area is 187 Å². The average molecular weight is 456 g/mol. The Bertz CT molecular complexity index is 1080. The molecule has 10 heteroatoms. The van der Waals surface area contributed by atoms with Crippen LogP contribution >= 0.6 is 0 Å². The van der Waals surface area contributed by atoms with Crippen molar-refractivity contribution in [2.24, 2.45) is 0 Å². The fraction of sp³-hybridized carbons (Fsp3) is 0.0435. The molecule has 3 aromatic rings. The Morgan fingerprint density at radius 2 is 0.909 bits per heavy atom. The average Bonchev–Trinajstić information content (AvgIpc) is 2.75. The van der Waals surface area contributed by atoms with Crippen LogP contribution in [0.15, 0.2) is 72.8 Å². The largest absolute Gasteiger partial charge is 0.507 e. The van der Waals surface area contributed by atoms with Crippen LogP contribution < -0.4 is 4.74 Å². The van der Waals surface area contributed by atoms with Gasteiger partial charge >= 0.3 is 23.9 Å². The van der Waals surface area contributed by atoms with E-state index in [4.69, 9.17) is 25.5 Å². The molecule has 10 nitrogen and oxygen atoms in total. The van der Waals surface area contributed by atoms with Crippen LogP contribution in [0.1, 0.15) is 38.0 Å². The summed E-state index contributed by atoms with van der Waals surface area (Å²) in [4.78, 5) is 41.7. The second-order valence-electron chi connectivity index (χ2n) is 6.04. The summed E-state index contributed by atoms with van der Waals surface area (Å²) in [5, 5.41) is 43.3. The number of benzene rings is 3. The highest BCUT2D eigenvalue weighted by Crippen LogP contribution is 2.18. The van der Waals surface area contributed by atoms with Crippen LogP contribution in [-0.4, -0.2) is 49.4 Å². The first-order valence-corrected chi connectivity index (χ1v) is 9.07. The van der Waals surface area contributed by atoms with Crippen molar-refractivity contribution >= 4 is 23.9 Å². The maximum Gasteiger partial charge on any atom is 0.339 e. The number of carbonyl (C=O) groups is 4. The third-order valence-corrected chi connectivity index (χ3v) is 3.64. The minimum absolute atomic E-state index is 0.0160. The molecule has 0 unspecified atom stereocenters. The molecule has 0 aliphatic heterocycles. The van der Waals surface area contributed by atoms with Gasteiger partial charge in [0.2, 0.25) is 0 Å². The van der Waals surface area contributed by atoms with Crippen molar-refractivity contribution in [3.63, 3.8) is 0 Å². The first kappa shape index (κ1) is 26.2. The molecule has 0 aromatic heterocycles. The van der Waals surface area contributed by atoms with Gasteiger partial charge in [-0.15, -0.1) is 0 Å². The number of para-hydroxylation sites is 3. The molecule has 0 saturated heterocycles. The molecule has 0 fully saturated rings. The summed E-state index contributed by atoms with van der Waals surface area (Å²) in [6.45, 7) is 1.22. The number of rotatable bonds is 4. The number of carbonyl (C=O) groups excluding carboxylic acids is 1. The monoisotopic (exact) mass is 456 g/mol. The number of hydrogen-bond donors (Lipinski definition) is 5. The molecule has 0 radical (unpaired) electrons. The topological polar surface area (TPSA) is 179 Å². The fourth-order valence-corrected chi connectivity index (χ4v) is 2.20. The molecule has 3 aromatic carbocycles. The van der Waals surface area contributed by atoms with Crippen molar-refractivity contribution in [3.05, 3.63) is 89.5 Å². The van der Waals surface area contributed by atoms with Gasteiger partial charge in [0.05, 0.1) is 0 Å². The van der Waals surface area contributed by atoms with E-state index in [1.54, 1.807) is 36.4 Å². The number of ether oxygens (including phenoxy) is 1. The highest BCUT2D eigenvalue weighted by Gasteiger charge is 2.11. The van der Waals surface area contributed by atoms with E-state index in [2.05, 4.69) is 4.74 Å². The highest BCUT2D eigenvalue weighted by molar-refractivity contribution is 5.92. The normalized spacial score (nSPS) is 9.24. The summed E-state index contributed by atoms with van der Waals surface area (Å²) in [5.74, 6) is -4.20. The summed E-state index contributed by atoms with van der Waals surface area (Å²) >= 11 is 0. The molecule has 3 rings (SSSR count). The third-order valence-electron chi connectivity index (χ3n) is 3.64. The van der Waals surface area contributed by atoms with Gasteiger partial charge in [-0.05, 0) is 36.4 Å². The third kappa shape index (κ3) is 8.80. The van der Waals surface area contributed by atoms with Gasteiger partial charge in [-0.1, -0.05) is 36.4 Å². The van der Waals surface area contributed by atoms with Crippen LogP contribution in [0.3, 0.4) is 0 Å². The fourth-order valence-electron chi connectivity index (χ4n) is 2.20. The SMILES string of the molecule is CC(=O)Oc1ccccc1C(=O)O.O=C(O)c1ccccc1O.O=C(O)c1ccccc1O. The quantitative estimate of drug-likeness (QED) is 0.288. The Morgan fingerprint density at radius 1 is 0.576 bits per heavy atom. The van der Waals surface area contributed by atoms with Crippen molar-refractivity contribution in [1.29, 1.82) is 0 Å². The first-order valence-electron chi connectivity index (χ1n) is 9.07. The zero-order chi connectivity index (χ0) is 25.0. The summed E-state index contributed by atoms with van der Waals surface area (Å²) in [7, 11) is 0. The maximum absolute atomic E-state index is 10.6. The van der Waals surface area contributed by atoms with Crippen LogP contribution in [0.5, 0.6) is 17.2 Å². The van der Waals surface area contributed by atoms with E-state index in [-0.39, 0.29) is 33.9 Å². The zero-order valence-corrected chi connectivity index (χ0v) is 17.2. The van der Waals surface area contributed by atoms with Gasteiger partial charge in [0, 0.05) is 6.92 Å². The van der Waals surface area contributed by atoms with Crippen LogP contribution in [-0.2, 0) is 4.79 Å². The smallest absolute Gasteiger partial charge is 0.339 e. The maximum atomic E-state index is 10.6. The molecule has 5 N–H and O–H groups in total. The minimum atomic E-state index is -1.11. The predicted molar refractivity (Wildman–Crippen MR) is 115 cm³/mol.